The number of aliphatic hydroxyl groups is 1. The fourth-order valence-corrected chi connectivity index (χ4v) is 0.711. The molecular weight excluding hydrogens is 152 g/mol. The lowest BCUT2D eigenvalue weighted by Gasteiger charge is -2.01. The van der Waals surface area contributed by atoms with Crippen LogP contribution >= 0.6 is 11.8 Å². The van der Waals surface area contributed by atoms with Crippen molar-refractivity contribution >= 4 is 11.8 Å². The van der Waals surface area contributed by atoms with E-state index in [2.05, 4.69) is 0 Å². The van der Waals surface area contributed by atoms with E-state index in [0.29, 0.717) is 25.8 Å². The second kappa shape index (κ2) is 9.23. The molecule has 10 heavy (non-hydrogen) atoms. The summed E-state index contributed by atoms with van der Waals surface area (Å²) in [7, 11) is 0. The third kappa shape index (κ3) is 8.23. The topological polar surface area (TPSA) is 38.7 Å². The third-order valence-electron chi connectivity index (χ3n) is 0.809. The summed E-state index contributed by atoms with van der Waals surface area (Å²) in [6.45, 7) is 1.67. The molecule has 0 spiro atoms. The van der Waals surface area contributed by atoms with Gasteiger partial charge in [-0.05, 0) is 6.26 Å². The Bertz CT molecular complexity index is 53.0. The van der Waals surface area contributed by atoms with Crippen molar-refractivity contribution < 1.29 is 14.6 Å². The summed E-state index contributed by atoms with van der Waals surface area (Å²) in [4.78, 5) is 0. The van der Waals surface area contributed by atoms with Crippen LogP contribution < -0.4 is 0 Å². The van der Waals surface area contributed by atoms with Gasteiger partial charge in [-0.15, -0.1) is 11.8 Å². The molecule has 3 nitrogen and oxygen atoms in total. The van der Waals surface area contributed by atoms with E-state index in [0.717, 1.165) is 0 Å². The third-order valence-corrected chi connectivity index (χ3v) is 1.21. The van der Waals surface area contributed by atoms with Gasteiger partial charge in [-0.2, -0.15) is 0 Å². The Balaban J connectivity index is 2.65. The Labute approximate surface area is 65.7 Å². The smallest absolute Gasteiger partial charge is 0.0919 e. The number of hydrogen-bond acceptors (Lipinski definition) is 4. The average Bonchev–Trinajstić information content (AvgIpc) is 1.97. The molecule has 0 aromatic rings. The Morgan fingerprint density at radius 2 is 1.90 bits per heavy atom. The van der Waals surface area contributed by atoms with Crippen molar-refractivity contribution in [3.63, 3.8) is 0 Å². The van der Waals surface area contributed by atoms with Crippen LogP contribution in [-0.2, 0) is 9.47 Å². The molecule has 0 saturated carbocycles. The summed E-state index contributed by atoms with van der Waals surface area (Å²) < 4.78 is 10.0. The van der Waals surface area contributed by atoms with Crippen LogP contribution in [0.3, 0.4) is 0 Å². The van der Waals surface area contributed by atoms with Gasteiger partial charge in [-0.1, -0.05) is 0 Å². The number of thioether (sulfide) groups is 1. The van der Waals surface area contributed by atoms with Gasteiger partial charge in [0, 0.05) is 0 Å². The molecule has 4 heteroatoms. The van der Waals surface area contributed by atoms with E-state index in [1.165, 1.54) is 0 Å². The predicted octanol–water partition coefficient (Wildman–Crippen LogP) is 0.332. The summed E-state index contributed by atoms with van der Waals surface area (Å²) in [6, 6.07) is 0. The van der Waals surface area contributed by atoms with Crippen LogP contribution in [0.4, 0.5) is 0 Å². The second-order valence-electron chi connectivity index (χ2n) is 1.65. The van der Waals surface area contributed by atoms with Crippen LogP contribution in [0.5, 0.6) is 0 Å². The molecule has 0 aliphatic rings. The van der Waals surface area contributed by atoms with Gasteiger partial charge in [0.25, 0.3) is 0 Å². The monoisotopic (exact) mass is 166 g/mol. The van der Waals surface area contributed by atoms with Gasteiger partial charge in [-0.3, -0.25) is 0 Å². The van der Waals surface area contributed by atoms with Gasteiger partial charge in [0.15, 0.2) is 0 Å². The molecule has 0 heterocycles. The second-order valence-corrected chi connectivity index (χ2v) is 2.46. The van der Waals surface area contributed by atoms with Crippen LogP contribution in [0.15, 0.2) is 0 Å². The largest absolute Gasteiger partial charge is 0.394 e. The average molecular weight is 166 g/mol. The number of ether oxygens (including phenoxy) is 2. The predicted molar refractivity (Wildman–Crippen MR) is 42.2 cm³/mol. The maximum Gasteiger partial charge on any atom is 0.0919 e. The van der Waals surface area contributed by atoms with E-state index >= 15 is 0 Å². The molecule has 62 valence electrons. The van der Waals surface area contributed by atoms with Gasteiger partial charge >= 0.3 is 0 Å². The minimum Gasteiger partial charge on any atom is -0.394 e. The highest BCUT2D eigenvalue weighted by molar-refractivity contribution is 7.98. The molecule has 0 amide bonds. The van der Waals surface area contributed by atoms with E-state index in [-0.39, 0.29) is 6.61 Å². The number of hydrogen-bond donors (Lipinski definition) is 1. The molecule has 0 atom stereocenters. The molecule has 0 fully saturated rings. The highest BCUT2D eigenvalue weighted by Crippen LogP contribution is 1.90. The lowest BCUT2D eigenvalue weighted by molar-refractivity contribution is 0.0464. The molecule has 0 unspecified atom stereocenters. The van der Waals surface area contributed by atoms with Crippen LogP contribution in [0.1, 0.15) is 0 Å². The van der Waals surface area contributed by atoms with Crippen molar-refractivity contribution in [2.24, 2.45) is 0 Å². The Morgan fingerprint density at radius 1 is 1.20 bits per heavy atom. The normalized spacial score (nSPS) is 10.2. The lowest BCUT2D eigenvalue weighted by atomic mass is 10.7. The van der Waals surface area contributed by atoms with Gasteiger partial charge in [0.05, 0.1) is 32.4 Å². The van der Waals surface area contributed by atoms with E-state index in [1.807, 2.05) is 6.26 Å². The maximum absolute atomic E-state index is 8.30. The molecule has 0 bridgehead atoms. The SMILES string of the molecule is CSCOCCOCCO. The molecule has 0 aromatic carbocycles. The Morgan fingerprint density at radius 3 is 2.50 bits per heavy atom. The first-order valence-corrected chi connectivity index (χ1v) is 4.56. The van der Waals surface area contributed by atoms with Crippen LogP contribution in [0.2, 0.25) is 0 Å². The Kier molecular flexibility index (Phi) is 9.44. The molecule has 0 aliphatic heterocycles. The molecule has 0 saturated heterocycles. The first-order chi connectivity index (χ1) is 4.91. The lowest BCUT2D eigenvalue weighted by Crippen LogP contribution is -2.06. The van der Waals surface area contributed by atoms with Crippen molar-refractivity contribution in [3.8, 4) is 0 Å². The van der Waals surface area contributed by atoms with Crippen LogP contribution in [0.25, 0.3) is 0 Å². The standard InChI is InChI=1S/C6H14O3S/c1-10-6-9-5-4-8-3-2-7/h7H,2-6H2,1H3. The van der Waals surface area contributed by atoms with E-state index < -0.39 is 0 Å². The highest BCUT2D eigenvalue weighted by atomic mass is 32.2. The van der Waals surface area contributed by atoms with Crippen LogP contribution in [0, 0.1) is 0 Å². The van der Waals surface area contributed by atoms with Crippen molar-refractivity contribution in [2.75, 3.05) is 38.6 Å². The molecule has 0 aromatic heterocycles. The molecule has 0 rings (SSSR count). The van der Waals surface area contributed by atoms with Gasteiger partial charge < -0.3 is 14.6 Å². The summed E-state index contributed by atoms with van der Waals surface area (Å²) in [5, 5.41) is 8.30. The minimum absolute atomic E-state index is 0.0858. The Hall–Kier alpha value is 0.230. The molecule has 0 aliphatic carbocycles. The van der Waals surface area contributed by atoms with Gasteiger partial charge in [-0.25, -0.2) is 0 Å². The minimum atomic E-state index is 0.0858. The van der Waals surface area contributed by atoms with Crippen molar-refractivity contribution in [3.05, 3.63) is 0 Å². The van der Waals surface area contributed by atoms with Gasteiger partial charge in [0.1, 0.15) is 0 Å². The zero-order chi connectivity index (χ0) is 7.66. The van der Waals surface area contributed by atoms with Crippen molar-refractivity contribution in [1.82, 2.24) is 0 Å². The highest BCUT2D eigenvalue weighted by Gasteiger charge is 1.86. The van der Waals surface area contributed by atoms with Crippen molar-refractivity contribution in [1.29, 1.82) is 0 Å². The van der Waals surface area contributed by atoms with E-state index in [4.69, 9.17) is 14.6 Å². The van der Waals surface area contributed by atoms with Crippen LogP contribution in [-0.4, -0.2) is 43.7 Å². The summed E-state index contributed by atoms with van der Waals surface area (Å²) >= 11 is 1.64. The summed E-state index contributed by atoms with van der Waals surface area (Å²) in [5.74, 6) is 0.711. The van der Waals surface area contributed by atoms with E-state index in [9.17, 15) is 0 Å². The molecule has 1 N–H and O–H groups in total. The fourth-order valence-electron chi connectivity index (χ4n) is 0.427. The summed E-state index contributed by atoms with van der Waals surface area (Å²) in [6.07, 6.45) is 1.98. The first-order valence-electron chi connectivity index (χ1n) is 3.17. The summed E-state index contributed by atoms with van der Waals surface area (Å²) in [5.41, 5.74) is 0. The fraction of sp³-hybridized carbons (Fsp3) is 1.00. The van der Waals surface area contributed by atoms with Gasteiger partial charge in [0.2, 0.25) is 0 Å². The zero-order valence-corrected chi connectivity index (χ0v) is 7.02. The molecule has 0 radical (unpaired) electrons. The molecular formula is C6H14O3S. The number of rotatable bonds is 7. The number of aliphatic hydroxyl groups excluding tert-OH is 1. The maximum atomic E-state index is 8.30. The quantitative estimate of drug-likeness (QED) is 0.437. The van der Waals surface area contributed by atoms with E-state index in [1.54, 1.807) is 11.8 Å². The van der Waals surface area contributed by atoms with Crippen molar-refractivity contribution in [2.45, 2.75) is 0 Å². The zero-order valence-electron chi connectivity index (χ0n) is 6.21. The first kappa shape index (κ1) is 10.2.